The molecule has 0 radical (unpaired) electrons. The van der Waals surface area contributed by atoms with E-state index in [4.69, 9.17) is 0 Å². The van der Waals surface area contributed by atoms with Gasteiger partial charge in [-0.1, -0.05) is 18.2 Å². The van der Waals surface area contributed by atoms with Gasteiger partial charge in [-0.05, 0) is 68.1 Å². The van der Waals surface area contributed by atoms with E-state index in [2.05, 4.69) is 54.0 Å². The largest absolute Gasteiger partial charge is 0.313 e. The zero-order valence-corrected chi connectivity index (χ0v) is 13.7. The van der Waals surface area contributed by atoms with Crippen molar-refractivity contribution in [1.29, 1.82) is 0 Å². The number of hydrogen-bond donors (Lipinski definition) is 1. The molecule has 1 aromatic heterocycles. The zero-order chi connectivity index (χ0) is 14.4. The monoisotopic (exact) mass is 300 g/mol. The van der Waals surface area contributed by atoms with E-state index in [1.165, 1.54) is 41.3 Å². The molecule has 2 fully saturated rings. The van der Waals surface area contributed by atoms with Crippen molar-refractivity contribution in [3.8, 4) is 0 Å². The van der Waals surface area contributed by atoms with Crippen LogP contribution in [0.2, 0.25) is 0 Å². The molecular formula is C18H24N2S. The van der Waals surface area contributed by atoms with Crippen LogP contribution in [0.4, 0.5) is 0 Å². The molecule has 3 unspecified atom stereocenters. The van der Waals surface area contributed by atoms with Crippen molar-refractivity contribution in [3.05, 3.63) is 35.2 Å². The highest BCUT2D eigenvalue weighted by molar-refractivity contribution is 7.17. The molecule has 1 aromatic carbocycles. The Bertz CT molecular complexity index is 621. The molecule has 21 heavy (non-hydrogen) atoms. The lowest BCUT2D eigenvalue weighted by Gasteiger charge is -2.40. The van der Waals surface area contributed by atoms with Gasteiger partial charge in [-0.25, -0.2) is 0 Å². The molecule has 0 aliphatic carbocycles. The van der Waals surface area contributed by atoms with Crippen molar-refractivity contribution in [2.75, 3.05) is 14.1 Å². The number of rotatable bonds is 3. The minimum absolute atomic E-state index is 0.504. The highest BCUT2D eigenvalue weighted by Crippen LogP contribution is 2.44. The highest BCUT2D eigenvalue weighted by atomic mass is 32.1. The second-order valence-corrected chi connectivity index (χ2v) is 7.65. The Morgan fingerprint density at radius 3 is 2.67 bits per heavy atom. The summed E-state index contributed by atoms with van der Waals surface area (Å²) < 4.78 is 1.48. The van der Waals surface area contributed by atoms with E-state index in [1.54, 1.807) is 0 Å². The molecule has 0 amide bonds. The third kappa shape index (κ3) is 2.23. The minimum atomic E-state index is 0.504. The lowest BCUT2D eigenvalue weighted by molar-refractivity contribution is 0.114. The van der Waals surface area contributed by atoms with Crippen LogP contribution in [0.5, 0.6) is 0 Å². The molecule has 2 aliphatic rings. The summed E-state index contributed by atoms with van der Waals surface area (Å²) >= 11 is 1.89. The Morgan fingerprint density at radius 2 is 1.95 bits per heavy atom. The zero-order valence-electron chi connectivity index (χ0n) is 12.9. The van der Waals surface area contributed by atoms with Gasteiger partial charge in [-0.2, -0.15) is 0 Å². The van der Waals surface area contributed by atoms with Crippen LogP contribution in [0.15, 0.2) is 29.6 Å². The summed E-state index contributed by atoms with van der Waals surface area (Å²) in [5, 5.41) is 7.26. The highest BCUT2D eigenvalue weighted by Gasteiger charge is 2.41. The Kier molecular flexibility index (Phi) is 3.52. The topological polar surface area (TPSA) is 15.3 Å². The van der Waals surface area contributed by atoms with Crippen molar-refractivity contribution in [3.63, 3.8) is 0 Å². The molecule has 2 nitrogen and oxygen atoms in total. The first kappa shape index (κ1) is 13.7. The van der Waals surface area contributed by atoms with E-state index in [0.717, 1.165) is 18.0 Å². The van der Waals surface area contributed by atoms with Gasteiger partial charge in [0.05, 0.1) is 0 Å². The lowest BCUT2D eigenvalue weighted by Crippen LogP contribution is -2.43. The lowest BCUT2D eigenvalue weighted by atomic mass is 9.82. The third-order valence-electron chi connectivity index (χ3n) is 5.76. The molecule has 112 valence electrons. The van der Waals surface area contributed by atoms with E-state index in [0.29, 0.717) is 6.04 Å². The smallest absolute Gasteiger partial charge is 0.0390 e. The maximum Gasteiger partial charge on any atom is 0.0390 e. The molecule has 3 heteroatoms. The molecule has 3 atom stereocenters. The van der Waals surface area contributed by atoms with E-state index in [-0.39, 0.29) is 0 Å². The fraction of sp³-hybridized carbons (Fsp3) is 0.556. The quantitative estimate of drug-likeness (QED) is 0.920. The van der Waals surface area contributed by atoms with Crippen molar-refractivity contribution in [2.45, 2.75) is 43.8 Å². The first-order valence-electron chi connectivity index (χ1n) is 8.13. The van der Waals surface area contributed by atoms with Crippen molar-refractivity contribution in [1.82, 2.24) is 10.2 Å². The molecule has 2 aromatic rings. The maximum absolute atomic E-state index is 3.64. The van der Waals surface area contributed by atoms with Gasteiger partial charge in [0, 0.05) is 22.8 Å². The number of hydrogen-bond acceptors (Lipinski definition) is 3. The second kappa shape index (κ2) is 5.38. The number of fused-ring (bicyclic) bond motifs is 3. The number of nitrogens with one attached hydrogen (secondary N) is 1. The summed E-state index contributed by atoms with van der Waals surface area (Å²) in [6.07, 6.45) is 5.50. The van der Waals surface area contributed by atoms with Gasteiger partial charge >= 0.3 is 0 Å². The summed E-state index contributed by atoms with van der Waals surface area (Å²) in [6.45, 7) is 0. The molecule has 4 rings (SSSR count). The third-order valence-corrected chi connectivity index (χ3v) is 6.74. The summed E-state index contributed by atoms with van der Waals surface area (Å²) in [6, 6.07) is 11.2. The first-order valence-corrected chi connectivity index (χ1v) is 9.01. The van der Waals surface area contributed by atoms with Crippen molar-refractivity contribution < 1.29 is 0 Å². The SMILES string of the molecule is CNC(c1cccc2ccsc12)C1CC2CCC(C1)N2C. The fourth-order valence-electron chi connectivity index (χ4n) is 4.63. The van der Waals surface area contributed by atoms with Crippen LogP contribution in [0.25, 0.3) is 10.1 Å². The summed E-state index contributed by atoms with van der Waals surface area (Å²) in [5.41, 5.74) is 1.51. The van der Waals surface area contributed by atoms with Gasteiger partial charge in [0.1, 0.15) is 0 Å². The fourth-order valence-corrected chi connectivity index (χ4v) is 5.59. The van der Waals surface area contributed by atoms with Crippen LogP contribution in [0.3, 0.4) is 0 Å². The molecule has 3 heterocycles. The van der Waals surface area contributed by atoms with Gasteiger partial charge in [-0.3, -0.25) is 0 Å². The van der Waals surface area contributed by atoms with E-state index >= 15 is 0 Å². The number of benzene rings is 1. The average molecular weight is 300 g/mol. The number of thiophene rings is 1. The summed E-state index contributed by atoms with van der Waals surface area (Å²) in [5.74, 6) is 0.774. The average Bonchev–Trinajstić information content (AvgIpc) is 3.03. The molecule has 1 N–H and O–H groups in total. The van der Waals surface area contributed by atoms with Gasteiger partial charge in [0.2, 0.25) is 0 Å². The number of nitrogens with zero attached hydrogens (tertiary/aromatic N) is 1. The van der Waals surface area contributed by atoms with Crippen LogP contribution in [-0.4, -0.2) is 31.1 Å². The van der Waals surface area contributed by atoms with E-state index < -0.39 is 0 Å². The first-order chi connectivity index (χ1) is 10.3. The molecule has 2 bridgehead atoms. The van der Waals surface area contributed by atoms with Crippen LogP contribution in [-0.2, 0) is 0 Å². The predicted molar refractivity (Wildman–Crippen MR) is 90.9 cm³/mol. The summed E-state index contributed by atoms with van der Waals surface area (Å²) in [7, 11) is 4.46. The van der Waals surface area contributed by atoms with Gasteiger partial charge in [0.15, 0.2) is 0 Å². The van der Waals surface area contributed by atoms with Gasteiger partial charge < -0.3 is 10.2 Å². The van der Waals surface area contributed by atoms with Crippen LogP contribution in [0.1, 0.15) is 37.3 Å². The normalized spacial score (nSPS) is 30.9. The molecule has 0 spiro atoms. The van der Waals surface area contributed by atoms with Crippen molar-refractivity contribution >= 4 is 21.4 Å². The van der Waals surface area contributed by atoms with Crippen molar-refractivity contribution in [2.24, 2.45) is 5.92 Å². The molecule has 2 aliphatic heterocycles. The summed E-state index contributed by atoms with van der Waals surface area (Å²) in [4.78, 5) is 2.63. The minimum Gasteiger partial charge on any atom is -0.313 e. The Balaban J connectivity index is 1.67. The Morgan fingerprint density at radius 1 is 1.19 bits per heavy atom. The standard InChI is InChI=1S/C18H24N2S/c1-19-17(13-10-14-6-7-15(11-13)20(14)2)16-5-3-4-12-8-9-21-18(12)16/h3-5,8-9,13-15,17,19H,6-7,10-11H2,1-2H3. The Hall–Kier alpha value is -0.900. The maximum atomic E-state index is 3.64. The van der Waals surface area contributed by atoms with Crippen LogP contribution >= 0.6 is 11.3 Å². The number of piperidine rings is 1. The van der Waals surface area contributed by atoms with Crippen LogP contribution < -0.4 is 5.32 Å². The van der Waals surface area contributed by atoms with Crippen LogP contribution in [0, 0.1) is 5.92 Å². The van der Waals surface area contributed by atoms with Gasteiger partial charge in [-0.15, -0.1) is 11.3 Å². The van der Waals surface area contributed by atoms with E-state index in [9.17, 15) is 0 Å². The Labute approximate surface area is 131 Å². The molecule has 2 saturated heterocycles. The van der Waals surface area contributed by atoms with Gasteiger partial charge in [0.25, 0.3) is 0 Å². The molecule has 0 saturated carbocycles. The molecular weight excluding hydrogens is 276 g/mol. The van der Waals surface area contributed by atoms with E-state index in [1.807, 2.05) is 11.3 Å². The second-order valence-electron chi connectivity index (χ2n) is 6.73. The predicted octanol–water partition coefficient (Wildman–Crippen LogP) is 4.03.